The van der Waals surface area contributed by atoms with E-state index in [1.807, 2.05) is 37.3 Å². The van der Waals surface area contributed by atoms with Crippen molar-refractivity contribution in [2.45, 2.75) is 13.3 Å². The van der Waals surface area contributed by atoms with Crippen molar-refractivity contribution in [2.24, 2.45) is 0 Å². The summed E-state index contributed by atoms with van der Waals surface area (Å²) in [6, 6.07) is 9.47. The van der Waals surface area contributed by atoms with E-state index in [-0.39, 0.29) is 5.76 Å². The van der Waals surface area contributed by atoms with Crippen LogP contribution in [0.3, 0.4) is 0 Å². The average Bonchev–Trinajstić information content (AvgIpc) is 2.67. The molecule has 2 rings (SSSR count). The van der Waals surface area contributed by atoms with E-state index in [1.165, 1.54) is 0 Å². The zero-order valence-corrected chi connectivity index (χ0v) is 9.69. The first kappa shape index (κ1) is 11.3. The summed E-state index contributed by atoms with van der Waals surface area (Å²) < 4.78 is 11.0. The number of fused-ring (bicyclic) bond motifs is 1. The van der Waals surface area contributed by atoms with Crippen molar-refractivity contribution in [2.75, 3.05) is 6.61 Å². The molecule has 0 fully saturated rings. The third-order valence-electron chi connectivity index (χ3n) is 2.43. The molecule has 1 aromatic carbocycles. The Hall–Kier alpha value is -2.21. The Kier molecular flexibility index (Phi) is 3.15. The number of para-hydroxylation sites is 1. The zero-order valence-electron chi connectivity index (χ0n) is 9.69. The first-order valence-corrected chi connectivity index (χ1v) is 5.41. The van der Waals surface area contributed by atoms with Crippen molar-refractivity contribution < 1.29 is 9.15 Å². The van der Waals surface area contributed by atoms with Crippen LogP contribution >= 0.6 is 0 Å². The van der Waals surface area contributed by atoms with Crippen LogP contribution < -0.4 is 4.74 Å². The van der Waals surface area contributed by atoms with Gasteiger partial charge in [0.2, 0.25) is 5.76 Å². The molecular weight excluding hydrogens is 214 g/mol. The molecule has 0 atom stereocenters. The Morgan fingerprint density at radius 3 is 2.94 bits per heavy atom. The van der Waals surface area contributed by atoms with E-state index in [0.29, 0.717) is 17.9 Å². The van der Waals surface area contributed by atoms with Crippen LogP contribution in [0.15, 0.2) is 40.8 Å². The number of hydrogen-bond acceptors (Lipinski definition) is 3. The Balaban J connectivity index is 2.31. The molecule has 86 valence electrons. The smallest absolute Gasteiger partial charge is 0.246 e. The topological polar surface area (TPSA) is 46.2 Å². The van der Waals surface area contributed by atoms with Crippen molar-refractivity contribution in [1.29, 1.82) is 5.26 Å². The predicted octanol–water partition coefficient (Wildman–Crippen LogP) is 3.65. The number of benzene rings is 1. The highest BCUT2D eigenvalue weighted by Crippen LogP contribution is 2.32. The van der Waals surface area contributed by atoms with Crippen LogP contribution in [0.5, 0.6) is 5.75 Å². The van der Waals surface area contributed by atoms with Gasteiger partial charge in [-0.25, -0.2) is 0 Å². The molecule has 2 aromatic rings. The van der Waals surface area contributed by atoms with Gasteiger partial charge in [0.05, 0.1) is 12.0 Å². The second kappa shape index (κ2) is 4.75. The molecule has 0 saturated carbocycles. The number of nitrogens with zero attached hydrogens (tertiary/aromatic N) is 1. The van der Waals surface area contributed by atoms with Gasteiger partial charge in [-0.2, -0.15) is 5.26 Å². The molecule has 0 spiro atoms. The molecule has 0 unspecified atom stereocenters. The van der Waals surface area contributed by atoms with Crippen LogP contribution in [0.1, 0.15) is 19.1 Å². The lowest BCUT2D eigenvalue weighted by molar-refractivity contribution is 0.319. The minimum Gasteiger partial charge on any atom is -0.488 e. The third kappa shape index (κ3) is 2.31. The molecule has 0 radical (unpaired) electrons. The fourth-order valence-electron chi connectivity index (χ4n) is 1.57. The van der Waals surface area contributed by atoms with E-state index >= 15 is 0 Å². The second-order valence-electron chi connectivity index (χ2n) is 3.92. The van der Waals surface area contributed by atoms with Crippen LogP contribution in [-0.2, 0) is 0 Å². The Morgan fingerprint density at radius 2 is 2.24 bits per heavy atom. The van der Waals surface area contributed by atoms with E-state index in [9.17, 15) is 0 Å². The van der Waals surface area contributed by atoms with Gasteiger partial charge >= 0.3 is 0 Å². The molecule has 1 heterocycles. The van der Waals surface area contributed by atoms with Crippen molar-refractivity contribution >= 4 is 11.0 Å². The highest BCUT2D eigenvalue weighted by atomic mass is 16.5. The van der Waals surface area contributed by atoms with Gasteiger partial charge in [-0.05, 0) is 19.1 Å². The Labute approximate surface area is 99.9 Å². The van der Waals surface area contributed by atoms with E-state index in [4.69, 9.17) is 14.4 Å². The van der Waals surface area contributed by atoms with Crippen LogP contribution in [0, 0.1) is 11.3 Å². The van der Waals surface area contributed by atoms with Gasteiger partial charge < -0.3 is 9.15 Å². The summed E-state index contributed by atoms with van der Waals surface area (Å²) in [6.07, 6.45) is 0.768. The van der Waals surface area contributed by atoms with Gasteiger partial charge in [0.15, 0.2) is 5.75 Å². The highest BCUT2D eigenvalue weighted by Gasteiger charge is 2.14. The molecule has 0 bridgehead atoms. The van der Waals surface area contributed by atoms with Gasteiger partial charge in [-0.1, -0.05) is 17.7 Å². The molecule has 0 aliphatic rings. The first-order valence-electron chi connectivity index (χ1n) is 5.41. The quantitative estimate of drug-likeness (QED) is 0.749. The van der Waals surface area contributed by atoms with Crippen molar-refractivity contribution in [1.82, 2.24) is 0 Å². The molecule has 0 aliphatic heterocycles. The third-order valence-corrected chi connectivity index (χ3v) is 2.43. The van der Waals surface area contributed by atoms with Gasteiger partial charge in [0.1, 0.15) is 11.7 Å². The summed E-state index contributed by atoms with van der Waals surface area (Å²) >= 11 is 0. The van der Waals surface area contributed by atoms with Crippen molar-refractivity contribution in [3.05, 3.63) is 42.2 Å². The van der Waals surface area contributed by atoms with Crippen LogP contribution in [-0.4, -0.2) is 6.61 Å². The average molecular weight is 227 g/mol. The van der Waals surface area contributed by atoms with E-state index in [2.05, 4.69) is 6.58 Å². The van der Waals surface area contributed by atoms with Crippen molar-refractivity contribution in [3.8, 4) is 11.8 Å². The lowest BCUT2D eigenvalue weighted by Gasteiger charge is -2.03. The van der Waals surface area contributed by atoms with Gasteiger partial charge in [0, 0.05) is 6.42 Å². The lowest BCUT2D eigenvalue weighted by atomic mass is 10.2. The summed E-state index contributed by atoms with van der Waals surface area (Å²) in [5, 5.41) is 9.83. The van der Waals surface area contributed by atoms with Gasteiger partial charge in [-0.15, -0.1) is 6.58 Å². The molecule has 17 heavy (non-hydrogen) atoms. The molecule has 3 heteroatoms. The maximum absolute atomic E-state index is 8.99. The largest absolute Gasteiger partial charge is 0.488 e. The van der Waals surface area contributed by atoms with Crippen LogP contribution in [0.25, 0.3) is 11.0 Å². The summed E-state index contributed by atoms with van der Waals surface area (Å²) in [7, 11) is 0. The number of hydrogen-bond donors (Lipinski definition) is 0. The second-order valence-corrected chi connectivity index (χ2v) is 3.92. The van der Waals surface area contributed by atoms with Crippen LogP contribution in [0.2, 0.25) is 0 Å². The summed E-state index contributed by atoms with van der Waals surface area (Å²) in [6.45, 7) is 6.26. The van der Waals surface area contributed by atoms with Crippen LogP contribution in [0.4, 0.5) is 0 Å². The SMILES string of the molecule is C=C(C)CCOc1c(C#N)oc2ccccc12. The predicted molar refractivity (Wildman–Crippen MR) is 65.9 cm³/mol. The molecule has 3 nitrogen and oxygen atoms in total. The molecular formula is C14H13NO2. The molecule has 0 amide bonds. The number of rotatable bonds is 4. The monoisotopic (exact) mass is 227 g/mol. The molecule has 0 aliphatic carbocycles. The minimum atomic E-state index is 0.230. The summed E-state index contributed by atoms with van der Waals surface area (Å²) in [5.41, 5.74) is 1.73. The van der Waals surface area contributed by atoms with Crippen molar-refractivity contribution in [3.63, 3.8) is 0 Å². The summed E-state index contributed by atoms with van der Waals surface area (Å²) in [4.78, 5) is 0. The van der Waals surface area contributed by atoms with E-state index in [0.717, 1.165) is 17.4 Å². The number of nitriles is 1. The highest BCUT2D eigenvalue weighted by molar-refractivity contribution is 5.86. The Bertz CT molecular complexity index is 590. The van der Waals surface area contributed by atoms with E-state index < -0.39 is 0 Å². The number of furan rings is 1. The zero-order chi connectivity index (χ0) is 12.3. The maximum atomic E-state index is 8.99. The fraction of sp³-hybridized carbons (Fsp3) is 0.214. The van der Waals surface area contributed by atoms with Gasteiger partial charge in [-0.3, -0.25) is 0 Å². The van der Waals surface area contributed by atoms with Gasteiger partial charge in [0.25, 0.3) is 0 Å². The molecule has 0 N–H and O–H groups in total. The van der Waals surface area contributed by atoms with E-state index in [1.54, 1.807) is 0 Å². The lowest BCUT2D eigenvalue weighted by Crippen LogP contribution is -1.98. The molecule has 1 aromatic heterocycles. The Morgan fingerprint density at radius 1 is 1.47 bits per heavy atom. The minimum absolute atomic E-state index is 0.230. The summed E-state index contributed by atoms with van der Waals surface area (Å²) in [5.74, 6) is 0.761. The first-order chi connectivity index (χ1) is 8.22. The number of ether oxygens (including phenoxy) is 1. The normalized spacial score (nSPS) is 10.1. The molecule has 0 saturated heterocycles. The fourth-order valence-corrected chi connectivity index (χ4v) is 1.57. The maximum Gasteiger partial charge on any atom is 0.246 e. The standard InChI is InChI=1S/C14H13NO2/c1-10(2)7-8-16-14-11-5-3-4-6-12(11)17-13(14)9-15/h3-6H,1,7-8H2,2H3.